The van der Waals surface area contributed by atoms with E-state index in [4.69, 9.17) is 4.74 Å². The average molecular weight is 304 g/mol. The summed E-state index contributed by atoms with van der Waals surface area (Å²) >= 11 is 0. The number of rotatable bonds is 7. The summed E-state index contributed by atoms with van der Waals surface area (Å²) in [6, 6.07) is 9.39. The van der Waals surface area contributed by atoms with Gasteiger partial charge in [0.05, 0.1) is 0 Å². The third kappa shape index (κ3) is 4.07. The third-order valence-electron chi connectivity index (χ3n) is 4.00. The molecule has 0 radical (unpaired) electrons. The fourth-order valence-corrected chi connectivity index (χ4v) is 2.73. The number of hydrogen-bond acceptors (Lipinski definition) is 3. The summed E-state index contributed by atoms with van der Waals surface area (Å²) in [5.74, 6) is 0.0515. The van der Waals surface area contributed by atoms with E-state index >= 15 is 0 Å². The van der Waals surface area contributed by atoms with Crippen LogP contribution in [0.1, 0.15) is 25.3 Å². The Morgan fingerprint density at radius 2 is 1.91 bits per heavy atom. The van der Waals surface area contributed by atoms with Crippen LogP contribution in [0.25, 0.3) is 0 Å². The van der Waals surface area contributed by atoms with Gasteiger partial charge in [0.2, 0.25) is 11.8 Å². The molecule has 2 rings (SSSR count). The van der Waals surface area contributed by atoms with E-state index in [0.29, 0.717) is 19.7 Å². The fourth-order valence-electron chi connectivity index (χ4n) is 2.73. The molecular weight excluding hydrogens is 280 g/mol. The molecule has 0 N–H and O–H groups in total. The van der Waals surface area contributed by atoms with Crippen molar-refractivity contribution >= 4 is 11.8 Å². The van der Waals surface area contributed by atoms with Crippen molar-refractivity contribution in [3.8, 4) is 0 Å². The number of carbonyl (C=O) groups excluding carboxylic acids is 2. The Balaban J connectivity index is 1.93. The summed E-state index contributed by atoms with van der Waals surface area (Å²) in [6.45, 7) is 3.78. The van der Waals surface area contributed by atoms with Gasteiger partial charge in [-0.2, -0.15) is 0 Å². The molecule has 0 unspecified atom stereocenters. The van der Waals surface area contributed by atoms with Crippen molar-refractivity contribution < 1.29 is 14.3 Å². The standard InChI is InChI=1S/C17H24N2O3/c1-14-17(21)18(12-15-8-4-3-5-9-15)13-16(20)19(14)10-6-7-11-22-2/h3-5,8-9,14H,6-7,10-13H2,1-2H3/t14-/m0/s1. The van der Waals surface area contributed by atoms with Crippen molar-refractivity contribution in [1.82, 2.24) is 9.80 Å². The van der Waals surface area contributed by atoms with Gasteiger partial charge in [-0.15, -0.1) is 0 Å². The highest BCUT2D eigenvalue weighted by molar-refractivity contribution is 5.94. The van der Waals surface area contributed by atoms with Crippen LogP contribution in [0.15, 0.2) is 30.3 Å². The summed E-state index contributed by atoms with van der Waals surface area (Å²) in [6.07, 6.45) is 1.75. The second kappa shape index (κ2) is 7.94. The van der Waals surface area contributed by atoms with Crippen molar-refractivity contribution in [2.45, 2.75) is 32.4 Å². The van der Waals surface area contributed by atoms with Crippen molar-refractivity contribution in [3.05, 3.63) is 35.9 Å². The highest BCUT2D eigenvalue weighted by atomic mass is 16.5. The Bertz CT molecular complexity index is 504. The molecule has 5 heteroatoms. The van der Waals surface area contributed by atoms with Crippen LogP contribution in [-0.2, 0) is 20.9 Å². The second-order valence-corrected chi connectivity index (χ2v) is 5.64. The van der Waals surface area contributed by atoms with Gasteiger partial charge in [-0.3, -0.25) is 9.59 Å². The van der Waals surface area contributed by atoms with E-state index in [1.807, 2.05) is 37.3 Å². The summed E-state index contributed by atoms with van der Waals surface area (Å²) in [5, 5.41) is 0. The molecule has 1 aromatic carbocycles. The number of methoxy groups -OCH3 is 1. The number of unbranched alkanes of at least 4 members (excludes halogenated alkanes) is 1. The zero-order valence-electron chi connectivity index (χ0n) is 13.3. The molecule has 5 nitrogen and oxygen atoms in total. The molecule has 0 aliphatic carbocycles. The Labute approximate surface area is 131 Å². The first-order valence-electron chi connectivity index (χ1n) is 7.74. The predicted molar refractivity (Wildman–Crippen MR) is 84.1 cm³/mol. The van der Waals surface area contributed by atoms with Gasteiger partial charge >= 0.3 is 0 Å². The molecule has 1 saturated heterocycles. The van der Waals surface area contributed by atoms with Gasteiger partial charge in [0.15, 0.2) is 0 Å². The van der Waals surface area contributed by atoms with E-state index in [0.717, 1.165) is 18.4 Å². The van der Waals surface area contributed by atoms with Gasteiger partial charge in [0.25, 0.3) is 0 Å². The number of carbonyl (C=O) groups is 2. The van der Waals surface area contributed by atoms with Crippen LogP contribution >= 0.6 is 0 Å². The minimum absolute atomic E-state index is 0.0233. The molecule has 0 saturated carbocycles. The summed E-state index contributed by atoms with van der Waals surface area (Å²) in [5.41, 5.74) is 1.05. The van der Waals surface area contributed by atoms with Crippen LogP contribution in [0.4, 0.5) is 0 Å². The Morgan fingerprint density at radius 3 is 2.59 bits per heavy atom. The van der Waals surface area contributed by atoms with Crippen LogP contribution in [-0.4, -0.2) is 54.5 Å². The lowest BCUT2D eigenvalue weighted by Gasteiger charge is -2.38. The third-order valence-corrected chi connectivity index (χ3v) is 4.00. The Kier molecular flexibility index (Phi) is 5.95. The second-order valence-electron chi connectivity index (χ2n) is 5.64. The molecule has 0 bridgehead atoms. The molecule has 2 amide bonds. The maximum Gasteiger partial charge on any atom is 0.245 e. The van der Waals surface area contributed by atoms with E-state index in [1.165, 1.54) is 0 Å². The van der Waals surface area contributed by atoms with Gasteiger partial charge in [-0.1, -0.05) is 30.3 Å². The average Bonchev–Trinajstić information content (AvgIpc) is 2.52. The van der Waals surface area contributed by atoms with Gasteiger partial charge in [-0.05, 0) is 25.3 Å². The molecule has 1 atom stereocenters. The maximum absolute atomic E-state index is 12.5. The van der Waals surface area contributed by atoms with Gasteiger partial charge in [0, 0.05) is 26.8 Å². The monoisotopic (exact) mass is 304 g/mol. The minimum Gasteiger partial charge on any atom is -0.385 e. The topological polar surface area (TPSA) is 49.9 Å². The number of hydrogen-bond donors (Lipinski definition) is 0. The number of nitrogens with zero attached hydrogens (tertiary/aromatic N) is 2. The number of piperazine rings is 1. The highest BCUT2D eigenvalue weighted by Gasteiger charge is 2.35. The summed E-state index contributed by atoms with van der Waals surface area (Å²) in [4.78, 5) is 28.1. The van der Waals surface area contributed by atoms with Crippen molar-refractivity contribution in [2.75, 3.05) is 26.8 Å². The molecule has 1 fully saturated rings. The van der Waals surface area contributed by atoms with Crippen LogP contribution in [0.3, 0.4) is 0 Å². The number of amides is 2. The molecule has 120 valence electrons. The summed E-state index contributed by atoms with van der Waals surface area (Å²) < 4.78 is 5.01. The molecule has 0 spiro atoms. The number of ether oxygens (including phenoxy) is 1. The van der Waals surface area contributed by atoms with Crippen LogP contribution < -0.4 is 0 Å². The molecule has 22 heavy (non-hydrogen) atoms. The maximum atomic E-state index is 12.5. The molecule has 1 aromatic rings. The molecule has 0 aromatic heterocycles. The fraction of sp³-hybridized carbons (Fsp3) is 0.529. The lowest BCUT2D eigenvalue weighted by molar-refractivity contribution is -0.155. The van der Waals surface area contributed by atoms with E-state index < -0.39 is 0 Å². The predicted octanol–water partition coefficient (Wildman–Crippen LogP) is 1.67. The molecule has 1 aliphatic rings. The first kappa shape index (κ1) is 16.5. The van der Waals surface area contributed by atoms with Crippen molar-refractivity contribution in [2.24, 2.45) is 0 Å². The van der Waals surface area contributed by atoms with Crippen LogP contribution in [0, 0.1) is 0 Å². The van der Waals surface area contributed by atoms with E-state index in [2.05, 4.69) is 0 Å². The van der Waals surface area contributed by atoms with E-state index in [-0.39, 0.29) is 24.4 Å². The SMILES string of the molecule is COCCCCN1C(=O)CN(Cc2ccccc2)C(=O)[C@@H]1C. The molecule has 1 heterocycles. The van der Waals surface area contributed by atoms with Crippen molar-refractivity contribution in [3.63, 3.8) is 0 Å². The van der Waals surface area contributed by atoms with Gasteiger partial charge in [0.1, 0.15) is 12.6 Å². The number of benzene rings is 1. The smallest absolute Gasteiger partial charge is 0.245 e. The minimum atomic E-state index is -0.382. The van der Waals surface area contributed by atoms with Crippen LogP contribution in [0.2, 0.25) is 0 Å². The van der Waals surface area contributed by atoms with E-state index in [9.17, 15) is 9.59 Å². The first-order valence-corrected chi connectivity index (χ1v) is 7.74. The lowest BCUT2D eigenvalue weighted by Crippen LogP contribution is -2.58. The first-order chi connectivity index (χ1) is 10.6. The summed E-state index contributed by atoms with van der Waals surface area (Å²) in [7, 11) is 1.67. The quantitative estimate of drug-likeness (QED) is 0.720. The lowest BCUT2D eigenvalue weighted by atomic mass is 10.1. The van der Waals surface area contributed by atoms with Crippen molar-refractivity contribution in [1.29, 1.82) is 0 Å². The van der Waals surface area contributed by atoms with Gasteiger partial charge < -0.3 is 14.5 Å². The van der Waals surface area contributed by atoms with Gasteiger partial charge in [-0.25, -0.2) is 0 Å². The largest absolute Gasteiger partial charge is 0.385 e. The van der Waals surface area contributed by atoms with E-state index in [1.54, 1.807) is 16.9 Å². The Hall–Kier alpha value is -1.88. The highest BCUT2D eigenvalue weighted by Crippen LogP contribution is 2.16. The normalized spacial score (nSPS) is 18.9. The van der Waals surface area contributed by atoms with Crippen LogP contribution in [0.5, 0.6) is 0 Å². The molecule has 1 aliphatic heterocycles. The molecular formula is C17H24N2O3. The Morgan fingerprint density at radius 1 is 1.18 bits per heavy atom. The zero-order valence-corrected chi connectivity index (χ0v) is 13.3. The zero-order chi connectivity index (χ0) is 15.9.